The predicted molar refractivity (Wildman–Crippen MR) is 84.8 cm³/mol. The highest BCUT2D eigenvalue weighted by Gasteiger charge is 2.09. The Morgan fingerprint density at radius 3 is 1.82 bits per heavy atom. The van der Waals surface area contributed by atoms with Crippen molar-refractivity contribution >= 4 is 39.2 Å². The molecular weight excluding hydrogens is 280 g/mol. The molecule has 0 unspecified atom stereocenters. The number of anilines is 2. The molecule has 0 spiro atoms. The van der Waals surface area contributed by atoms with Gasteiger partial charge in [-0.15, -0.1) is 0 Å². The molecule has 7 nitrogen and oxygen atoms in total. The van der Waals surface area contributed by atoms with Crippen LogP contribution in [0.3, 0.4) is 0 Å². The SMILES string of the molecule is O=C(Nc1cccc2[nH]ncc12)Nc1cccc2[nH]ncc12. The Bertz CT molecular complexity index is 892. The number of H-pyrrole nitrogens is 2. The van der Waals surface area contributed by atoms with Gasteiger partial charge in [-0.05, 0) is 24.3 Å². The lowest BCUT2D eigenvalue weighted by Crippen LogP contribution is -2.19. The molecule has 0 aliphatic carbocycles. The van der Waals surface area contributed by atoms with Crippen molar-refractivity contribution in [2.45, 2.75) is 0 Å². The normalized spacial score (nSPS) is 10.9. The molecule has 0 saturated carbocycles. The van der Waals surface area contributed by atoms with E-state index in [9.17, 15) is 4.79 Å². The smallest absolute Gasteiger partial charge is 0.307 e. The first kappa shape index (κ1) is 12.4. The third-order valence-corrected chi connectivity index (χ3v) is 3.47. The summed E-state index contributed by atoms with van der Waals surface area (Å²) in [5.74, 6) is 0. The van der Waals surface area contributed by atoms with Crippen molar-refractivity contribution in [3.8, 4) is 0 Å². The topological polar surface area (TPSA) is 98.5 Å². The number of hydrogen-bond donors (Lipinski definition) is 4. The Balaban J connectivity index is 1.60. The lowest BCUT2D eigenvalue weighted by molar-refractivity contribution is 0.262. The maximum absolute atomic E-state index is 12.2. The maximum atomic E-state index is 12.2. The first-order chi connectivity index (χ1) is 10.8. The van der Waals surface area contributed by atoms with Crippen LogP contribution in [-0.2, 0) is 0 Å². The molecule has 2 aromatic heterocycles. The fourth-order valence-electron chi connectivity index (χ4n) is 2.43. The summed E-state index contributed by atoms with van der Waals surface area (Å²) in [6.07, 6.45) is 3.36. The molecule has 7 heteroatoms. The van der Waals surface area contributed by atoms with Crippen molar-refractivity contribution in [3.05, 3.63) is 48.8 Å². The zero-order valence-corrected chi connectivity index (χ0v) is 11.4. The fourth-order valence-corrected chi connectivity index (χ4v) is 2.43. The minimum absolute atomic E-state index is 0.317. The lowest BCUT2D eigenvalue weighted by atomic mass is 10.2. The van der Waals surface area contributed by atoms with E-state index in [0.29, 0.717) is 11.4 Å². The van der Waals surface area contributed by atoms with Crippen molar-refractivity contribution in [1.29, 1.82) is 0 Å². The van der Waals surface area contributed by atoms with E-state index in [4.69, 9.17) is 0 Å². The number of nitrogens with one attached hydrogen (secondary N) is 4. The van der Waals surface area contributed by atoms with Gasteiger partial charge in [0.2, 0.25) is 0 Å². The largest absolute Gasteiger partial charge is 0.323 e. The summed E-state index contributed by atoms with van der Waals surface area (Å²) in [7, 11) is 0. The first-order valence-corrected chi connectivity index (χ1v) is 6.73. The number of aromatic amines is 2. The van der Waals surface area contributed by atoms with E-state index in [0.717, 1.165) is 21.8 Å². The van der Waals surface area contributed by atoms with Crippen LogP contribution < -0.4 is 10.6 Å². The third-order valence-electron chi connectivity index (χ3n) is 3.47. The van der Waals surface area contributed by atoms with Gasteiger partial charge in [0.15, 0.2) is 0 Å². The molecule has 2 aromatic carbocycles. The average Bonchev–Trinajstić information content (AvgIpc) is 3.16. The minimum Gasteiger partial charge on any atom is -0.307 e. The highest BCUT2D eigenvalue weighted by atomic mass is 16.2. The van der Waals surface area contributed by atoms with Gasteiger partial charge in [0.25, 0.3) is 0 Å². The number of aromatic nitrogens is 4. The number of benzene rings is 2. The number of amides is 2. The molecule has 0 saturated heterocycles. The van der Waals surface area contributed by atoms with Gasteiger partial charge in [-0.25, -0.2) is 4.79 Å². The van der Waals surface area contributed by atoms with Gasteiger partial charge in [0.1, 0.15) is 0 Å². The zero-order chi connectivity index (χ0) is 14.9. The second-order valence-corrected chi connectivity index (χ2v) is 4.85. The van der Waals surface area contributed by atoms with E-state index < -0.39 is 0 Å². The lowest BCUT2D eigenvalue weighted by Gasteiger charge is -2.09. The van der Waals surface area contributed by atoms with Crippen molar-refractivity contribution in [2.75, 3.05) is 10.6 Å². The van der Waals surface area contributed by atoms with Crippen LogP contribution in [0.1, 0.15) is 0 Å². The van der Waals surface area contributed by atoms with Crippen LogP contribution in [0.25, 0.3) is 21.8 Å². The van der Waals surface area contributed by atoms with Crippen LogP contribution >= 0.6 is 0 Å². The van der Waals surface area contributed by atoms with Crippen LogP contribution in [0.15, 0.2) is 48.8 Å². The van der Waals surface area contributed by atoms with E-state index in [-0.39, 0.29) is 6.03 Å². The summed E-state index contributed by atoms with van der Waals surface area (Å²) in [5.41, 5.74) is 3.13. The van der Waals surface area contributed by atoms with Crippen molar-refractivity contribution < 1.29 is 4.79 Å². The summed E-state index contributed by atoms with van der Waals surface area (Å²) in [4.78, 5) is 12.2. The standard InChI is InChI=1S/C15H12N6O/c22-15(18-11-3-1-5-13-9(11)7-16-20-13)19-12-4-2-6-14-10(12)8-17-21-14/h1-8H,(H,16,20)(H,17,21)(H2,18,19,22). The monoisotopic (exact) mass is 292 g/mol. The predicted octanol–water partition coefficient (Wildman–Crippen LogP) is 3.08. The number of rotatable bonds is 2. The molecule has 0 radical (unpaired) electrons. The average molecular weight is 292 g/mol. The number of urea groups is 1. The number of nitrogens with zero attached hydrogens (tertiary/aromatic N) is 2. The molecule has 0 bridgehead atoms. The number of carbonyl (C=O) groups is 1. The molecule has 22 heavy (non-hydrogen) atoms. The van der Waals surface area contributed by atoms with E-state index >= 15 is 0 Å². The molecule has 4 aromatic rings. The van der Waals surface area contributed by atoms with Crippen LogP contribution in [0.2, 0.25) is 0 Å². The van der Waals surface area contributed by atoms with Gasteiger partial charge >= 0.3 is 6.03 Å². The minimum atomic E-state index is -0.317. The van der Waals surface area contributed by atoms with Gasteiger partial charge in [-0.2, -0.15) is 10.2 Å². The Morgan fingerprint density at radius 2 is 1.32 bits per heavy atom. The third kappa shape index (κ3) is 2.05. The quantitative estimate of drug-likeness (QED) is 0.457. The van der Waals surface area contributed by atoms with Gasteiger partial charge < -0.3 is 10.6 Å². The molecule has 2 amide bonds. The summed E-state index contributed by atoms with van der Waals surface area (Å²) in [6.45, 7) is 0. The van der Waals surface area contributed by atoms with E-state index in [1.165, 1.54) is 0 Å². The Labute approximate surface area is 124 Å². The maximum Gasteiger partial charge on any atom is 0.323 e. The van der Waals surface area contributed by atoms with Crippen LogP contribution in [-0.4, -0.2) is 26.4 Å². The zero-order valence-electron chi connectivity index (χ0n) is 11.4. The summed E-state index contributed by atoms with van der Waals surface area (Å²) >= 11 is 0. The Kier molecular flexibility index (Phi) is 2.75. The summed E-state index contributed by atoms with van der Waals surface area (Å²) < 4.78 is 0. The Hall–Kier alpha value is -3.35. The summed E-state index contributed by atoms with van der Waals surface area (Å²) in [5, 5.41) is 21.1. The molecule has 108 valence electrons. The number of hydrogen-bond acceptors (Lipinski definition) is 3. The van der Waals surface area contributed by atoms with Gasteiger partial charge in [0.05, 0.1) is 34.8 Å². The van der Waals surface area contributed by atoms with E-state index in [2.05, 4.69) is 31.0 Å². The van der Waals surface area contributed by atoms with Crippen molar-refractivity contribution in [1.82, 2.24) is 20.4 Å². The van der Waals surface area contributed by atoms with Crippen LogP contribution in [0.5, 0.6) is 0 Å². The molecule has 0 aliphatic heterocycles. The molecule has 4 rings (SSSR count). The summed E-state index contributed by atoms with van der Waals surface area (Å²) in [6, 6.07) is 10.9. The van der Waals surface area contributed by atoms with Gasteiger partial charge in [-0.3, -0.25) is 10.2 Å². The number of carbonyl (C=O) groups excluding carboxylic acids is 1. The molecule has 0 fully saturated rings. The van der Waals surface area contributed by atoms with Gasteiger partial charge in [-0.1, -0.05) is 12.1 Å². The van der Waals surface area contributed by atoms with E-state index in [1.807, 2.05) is 36.4 Å². The number of fused-ring (bicyclic) bond motifs is 2. The molecule has 0 aliphatic rings. The van der Waals surface area contributed by atoms with E-state index in [1.54, 1.807) is 12.4 Å². The van der Waals surface area contributed by atoms with Crippen molar-refractivity contribution in [2.24, 2.45) is 0 Å². The van der Waals surface area contributed by atoms with Gasteiger partial charge in [0, 0.05) is 10.8 Å². The highest BCUT2D eigenvalue weighted by Crippen LogP contribution is 2.23. The second-order valence-electron chi connectivity index (χ2n) is 4.85. The molecule has 0 atom stereocenters. The fraction of sp³-hybridized carbons (Fsp3) is 0. The van der Waals surface area contributed by atoms with Crippen molar-refractivity contribution in [3.63, 3.8) is 0 Å². The van der Waals surface area contributed by atoms with Crippen LogP contribution in [0.4, 0.5) is 16.2 Å². The molecular formula is C15H12N6O. The van der Waals surface area contributed by atoms with Crippen LogP contribution in [0, 0.1) is 0 Å². The first-order valence-electron chi connectivity index (χ1n) is 6.73. The molecule has 4 N–H and O–H groups in total. The highest BCUT2D eigenvalue weighted by molar-refractivity contribution is 6.08. The second kappa shape index (κ2) is 4.88. The Morgan fingerprint density at radius 1 is 0.818 bits per heavy atom. The molecule has 2 heterocycles.